The zero-order valence-electron chi connectivity index (χ0n) is 14.3. The first-order valence-corrected chi connectivity index (χ1v) is 8.68. The van der Waals surface area contributed by atoms with E-state index in [9.17, 15) is 4.79 Å². The molecule has 1 saturated heterocycles. The normalized spacial score (nSPS) is 16.7. The predicted molar refractivity (Wildman–Crippen MR) is 92.7 cm³/mol. The van der Waals surface area contributed by atoms with Crippen molar-refractivity contribution in [1.82, 2.24) is 30.0 Å². The summed E-state index contributed by atoms with van der Waals surface area (Å²) in [5.74, 6) is 0.643. The van der Waals surface area contributed by atoms with Crippen LogP contribution in [0.15, 0.2) is 24.3 Å². The standard InChI is InChI=1S/C16H21ClN6O2/c1-3-25-16(24)22-9-7-21(8-10-22)12(2)15-18-20-23(19-15)14-6-4-5-13(17)11-14/h4-6,11-12H,3,7-10H2,1-2H3. The van der Waals surface area contributed by atoms with Crippen LogP contribution in [0.4, 0.5) is 4.79 Å². The monoisotopic (exact) mass is 364 g/mol. The Labute approximate surface area is 151 Å². The molecule has 0 bridgehead atoms. The molecule has 1 amide bonds. The summed E-state index contributed by atoms with van der Waals surface area (Å²) in [6.07, 6.45) is -0.250. The maximum atomic E-state index is 11.8. The van der Waals surface area contributed by atoms with Gasteiger partial charge in [0.2, 0.25) is 0 Å². The van der Waals surface area contributed by atoms with Crippen molar-refractivity contribution in [2.75, 3.05) is 32.8 Å². The van der Waals surface area contributed by atoms with Crippen molar-refractivity contribution in [3.63, 3.8) is 0 Å². The number of tetrazole rings is 1. The molecule has 0 saturated carbocycles. The average Bonchev–Trinajstić information content (AvgIpc) is 3.11. The minimum atomic E-state index is -0.250. The van der Waals surface area contributed by atoms with Crippen molar-refractivity contribution in [2.45, 2.75) is 19.9 Å². The number of carbonyl (C=O) groups excluding carboxylic acids is 1. The van der Waals surface area contributed by atoms with Crippen molar-refractivity contribution in [3.05, 3.63) is 35.1 Å². The number of piperazine rings is 1. The maximum absolute atomic E-state index is 11.8. The molecule has 1 aromatic carbocycles. The Morgan fingerprint density at radius 3 is 2.76 bits per heavy atom. The number of hydrogen-bond donors (Lipinski definition) is 0. The number of amides is 1. The van der Waals surface area contributed by atoms with Gasteiger partial charge >= 0.3 is 6.09 Å². The lowest BCUT2D eigenvalue weighted by Gasteiger charge is -2.36. The minimum Gasteiger partial charge on any atom is -0.450 e. The fourth-order valence-corrected chi connectivity index (χ4v) is 2.96. The highest BCUT2D eigenvalue weighted by molar-refractivity contribution is 6.30. The Kier molecular flexibility index (Phi) is 5.50. The van der Waals surface area contributed by atoms with Crippen molar-refractivity contribution >= 4 is 17.7 Å². The lowest BCUT2D eigenvalue weighted by Crippen LogP contribution is -2.49. The summed E-state index contributed by atoms with van der Waals surface area (Å²) in [5.41, 5.74) is 0.769. The summed E-state index contributed by atoms with van der Waals surface area (Å²) in [4.78, 5) is 17.2. The van der Waals surface area contributed by atoms with Gasteiger partial charge in [0.15, 0.2) is 5.82 Å². The lowest BCUT2D eigenvalue weighted by molar-refractivity contribution is 0.0673. The van der Waals surface area contributed by atoms with E-state index in [2.05, 4.69) is 20.3 Å². The molecule has 25 heavy (non-hydrogen) atoms. The van der Waals surface area contributed by atoms with Gasteiger partial charge in [-0.3, -0.25) is 4.90 Å². The van der Waals surface area contributed by atoms with Gasteiger partial charge in [-0.05, 0) is 37.3 Å². The first-order valence-electron chi connectivity index (χ1n) is 8.30. The summed E-state index contributed by atoms with van der Waals surface area (Å²) >= 11 is 6.01. The van der Waals surface area contributed by atoms with Gasteiger partial charge < -0.3 is 9.64 Å². The van der Waals surface area contributed by atoms with Gasteiger partial charge in [-0.2, -0.15) is 0 Å². The molecule has 1 unspecified atom stereocenters. The number of rotatable bonds is 4. The highest BCUT2D eigenvalue weighted by Gasteiger charge is 2.27. The van der Waals surface area contributed by atoms with Gasteiger partial charge in [-0.25, -0.2) is 4.79 Å². The number of aromatic nitrogens is 4. The minimum absolute atomic E-state index is 0.0114. The van der Waals surface area contributed by atoms with Crippen molar-refractivity contribution in [3.8, 4) is 5.69 Å². The topological polar surface area (TPSA) is 76.4 Å². The van der Waals surface area contributed by atoms with Crippen molar-refractivity contribution in [1.29, 1.82) is 0 Å². The van der Waals surface area contributed by atoms with E-state index < -0.39 is 0 Å². The van der Waals surface area contributed by atoms with E-state index in [4.69, 9.17) is 16.3 Å². The van der Waals surface area contributed by atoms with Crippen LogP contribution in [0.1, 0.15) is 25.7 Å². The lowest BCUT2D eigenvalue weighted by atomic mass is 10.2. The molecule has 0 spiro atoms. The number of benzene rings is 1. The molecular weight excluding hydrogens is 344 g/mol. The third-order valence-corrected chi connectivity index (χ3v) is 4.46. The van der Waals surface area contributed by atoms with Crippen LogP contribution in [-0.4, -0.2) is 68.9 Å². The second-order valence-corrected chi connectivity index (χ2v) is 6.25. The fraction of sp³-hybridized carbons (Fsp3) is 0.500. The maximum Gasteiger partial charge on any atom is 0.409 e. The zero-order valence-corrected chi connectivity index (χ0v) is 15.1. The van der Waals surface area contributed by atoms with E-state index in [-0.39, 0.29) is 12.1 Å². The summed E-state index contributed by atoms with van der Waals surface area (Å²) in [6, 6.07) is 7.32. The van der Waals surface area contributed by atoms with Crippen LogP contribution in [0.3, 0.4) is 0 Å². The summed E-state index contributed by atoms with van der Waals surface area (Å²) in [5, 5.41) is 13.4. The first-order chi connectivity index (χ1) is 12.1. The molecule has 1 aliphatic rings. The van der Waals surface area contributed by atoms with Crippen LogP contribution in [0.5, 0.6) is 0 Å². The Morgan fingerprint density at radius 1 is 1.32 bits per heavy atom. The van der Waals surface area contributed by atoms with Crippen molar-refractivity contribution < 1.29 is 9.53 Å². The van der Waals surface area contributed by atoms with E-state index >= 15 is 0 Å². The van der Waals surface area contributed by atoms with Gasteiger partial charge in [0.25, 0.3) is 0 Å². The van der Waals surface area contributed by atoms with E-state index in [0.717, 1.165) is 18.8 Å². The third kappa shape index (κ3) is 4.08. The van der Waals surface area contributed by atoms with Gasteiger partial charge in [0, 0.05) is 31.2 Å². The van der Waals surface area contributed by atoms with Gasteiger partial charge in [-0.15, -0.1) is 15.0 Å². The quantitative estimate of drug-likeness (QED) is 0.827. The number of ether oxygens (including phenoxy) is 1. The Morgan fingerprint density at radius 2 is 2.08 bits per heavy atom. The predicted octanol–water partition coefficient (Wildman–Crippen LogP) is 2.15. The van der Waals surface area contributed by atoms with E-state index in [1.165, 1.54) is 4.80 Å². The van der Waals surface area contributed by atoms with Gasteiger partial charge in [-0.1, -0.05) is 17.7 Å². The van der Waals surface area contributed by atoms with Crippen LogP contribution in [0, 0.1) is 0 Å². The molecule has 1 aromatic heterocycles. The third-order valence-electron chi connectivity index (χ3n) is 4.23. The van der Waals surface area contributed by atoms with E-state index in [1.807, 2.05) is 26.0 Å². The van der Waals surface area contributed by atoms with Crippen LogP contribution >= 0.6 is 11.6 Å². The second kappa shape index (κ2) is 7.79. The van der Waals surface area contributed by atoms with E-state index in [1.54, 1.807) is 17.0 Å². The number of nitrogens with zero attached hydrogens (tertiary/aromatic N) is 6. The Bertz CT molecular complexity index is 729. The molecular formula is C16H21ClN6O2. The molecule has 0 radical (unpaired) electrons. The largest absolute Gasteiger partial charge is 0.450 e. The summed E-state index contributed by atoms with van der Waals surface area (Å²) in [6.45, 7) is 6.99. The number of halogens is 1. The molecule has 3 rings (SSSR count). The average molecular weight is 365 g/mol. The fourth-order valence-electron chi connectivity index (χ4n) is 2.77. The molecule has 2 aromatic rings. The van der Waals surface area contributed by atoms with Crippen LogP contribution in [0.2, 0.25) is 5.02 Å². The summed E-state index contributed by atoms with van der Waals surface area (Å²) in [7, 11) is 0. The van der Waals surface area contributed by atoms with Crippen LogP contribution in [-0.2, 0) is 4.74 Å². The highest BCUT2D eigenvalue weighted by Crippen LogP contribution is 2.19. The molecule has 0 N–H and O–H groups in total. The Balaban J connectivity index is 1.63. The molecule has 2 heterocycles. The van der Waals surface area contributed by atoms with Gasteiger partial charge in [0.1, 0.15) is 0 Å². The van der Waals surface area contributed by atoms with Crippen LogP contribution < -0.4 is 0 Å². The molecule has 8 nitrogen and oxygen atoms in total. The smallest absolute Gasteiger partial charge is 0.409 e. The molecule has 1 aliphatic heterocycles. The molecule has 1 atom stereocenters. The zero-order chi connectivity index (χ0) is 17.8. The SMILES string of the molecule is CCOC(=O)N1CCN(C(C)c2nnn(-c3cccc(Cl)c3)n2)CC1. The molecule has 134 valence electrons. The van der Waals surface area contributed by atoms with Crippen LogP contribution in [0.25, 0.3) is 5.69 Å². The number of carbonyl (C=O) groups is 1. The summed E-state index contributed by atoms with van der Waals surface area (Å²) < 4.78 is 5.04. The molecule has 1 fully saturated rings. The molecule has 9 heteroatoms. The van der Waals surface area contributed by atoms with Gasteiger partial charge in [0.05, 0.1) is 18.3 Å². The first kappa shape index (κ1) is 17.6. The Hall–Kier alpha value is -2.19. The second-order valence-electron chi connectivity index (χ2n) is 5.81. The highest BCUT2D eigenvalue weighted by atomic mass is 35.5. The van der Waals surface area contributed by atoms with E-state index in [0.29, 0.717) is 30.5 Å². The molecule has 0 aliphatic carbocycles. The van der Waals surface area contributed by atoms with Crippen molar-refractivity contribution in [2.24, 2.45) is 0 Å². The number of hydrogen-bond acceptors (Lipinski definition) is 6.